The Kier molecular flexibility index (Phi) is 3.98. The average molecular weight is 436 g/mol. The fourth-order valence-electron chi connectivity index (χ4n) is 4.08. The number of rotatable bonds is 3. The van der Waals surface area contributed by atoms with Crippen LogP contribution in [0.2, 0.25) is 0 Å². The summed E-state index contributed by atoms with van der Waals surface area (Å²) in [5.41, 5.74) is 2.56. The first-order valence-corrected chi connectivity index (χ1v) is 10.1. The quantitative estimate of drug-likeness (QED) is 0.672. The summed E-state index contributed by atoms with van der Waals surface area (Å²) in [5, 5.41) is 4.95. The summed E-state index contributed by atoms with van der Waals surface area (Å²) in [6.07, 6.45) is 5.62. The molecule has 1 aromatic heterocycles. The zero-order valence-corrected chi connectivity index (χ0v) is 16.7. The average Bonchev–Trinajstić information content (AvgIpc) is 3.46. The maximum Gasteiger partial charge on any atom is 0.254 e. The van der Waals surface area contributed by atoms with Crippen LogP contribution in [0.25, 0.3) is 10.8 Å². The Morgan fingerprint density at radius 3 is 2.82 bits per heavy atom. The van der Waals surface area contributed by atoms with Gasteiger partial charge in [0.25, 0.3) is 5.91 Å². The molecular formula is C22H18BrN3O2. The third-order valence-corrected chi connectivity index (χ3v) is 6.17. The second-order valence-corrected chi connectivity index (χ2v) is 8.53. The van der Waals surface area contributed by atoms with Crippen LogP contribution < -0.4 is 5.32 Å². The number of carbonyl (C=O) groups is 2. The minimum Gasteiger partial charge on any atom is -0.328 e. The monoisotopic (exact) mass is 435 g/mol. The summed E-state index contributed by atoms with van der Waals surface area (Å²) in [6, 6.07) is 13.5. The Morgan fingerprint density at radius 1 is 1.14 bits per heavy atom. The first kappa shape index (κ1) is 17.4. The molecule has 0 atom stereocenters. The van der Waals surface area contributed by atoms with Gasteiger partial charge in [0.2, 0.25) is 5.91 Å². The van der Waals surface area contributed by atoms with E-state index >= 15 is 0 Å². The number of amides is 2. The van der Waals surface area contributed by atoms with E-state index in [0.717, 1.165) is 39.2 Å². The molecule has 0 radical (unpaired) electrons. The molecule has 6 heteroatoms. The number of fused-ring (bicyclic) bond motifs is 3. The molecule has 140 valence electrons. The van der Waals surface area contributed by atoms with Crippen LogP contribution in [0.1, 0.15) is 28.8 Å². The lowest BCUT2D eigenvalue weighted by Gasteiger charge is -2.34. The van der Waals surface area contributed by atoms with Gasteiger partial charge in [-0.3, -0.25) is 14.6 Å². The summed E-state index contributed by atoms with van der Waals surface area (Å²) in [5.74, 6) is -0.258. The van der Waals surface area contributed by atoms with E-state index in [9.17, 15) is 9.59 Å². The molecule has 1 fully saturated rings. The molecule has 3 aromatic rings. The van der Waals surface area contributed by atoms with E-state index in [-0.39, 0.29) is 23.8 Å². The van der Waals surface area contributed by atoms with Gasteiger partial charge in [-0.15, -0.1) is 0 Å². The van der Waals surface area contributed by atoms with E-state index in [0.29, 0.717) is 12.2 Å². The molecule has 1 spiro atoms. The van der Waals surface area contributed by atoms with E-state index < -0.39 is 0 Å². The van der Waals surface area contributed by atoms with Crippen molar-refractivity contribution in [3.05, 3.63) is 70.5 Å². The first-order valence-electron chi connectivity index (χ1n) is 9.27. The summed E-state index contributed by atoms with van der Waals surface area (Å²) >= 11 is 3.51. The molecule has 5 nitrogen and oxygen atoms in total. The highest BCUT2D eigenvalue weighted by atomic mass is 79.9. The molecule has 0 unspecified atom stereocenters. The van der Waals surface area contributed by atoms with Gasteiger partial charge in [-0.1, -0.05) is 22.0 Å². The predicted molar refractivity (Wildman–Crippen MR) is 111 cm³/mol. The summed E-state index contributed by atoms with van der Waals surface area (Å²) in [4.78, 5) is 31.4. The third kappa shape index (κ3) is 2.98. The Bertz CT molecular complexity index is 1120. The number of hydrogen-bond acceptors (Lipinski definition) is 3. The Morgan fingerprint density at radius 2 is 2.00 bits per heavy atom. The van der Waals surface area contributed by atoms with E-state index in [1.54, 1.807) is 17.3 Å². The number of pyridine rings is 1. The van der Waals surface area contributed by atoms with Crippen LogP contribution in [0.15, 0.2) is 59.3 Å². The fourth-order valence-corrected chi connectivity index (χ4v) is 4.44. The molecule has 2 heterocycles. The number of halogens is 1. The van der Waals surface area contributed by atoms with Crippen molar-refractivity contribution in [1.82, 2.24) is 9.88 Å². The Hall–Kier alpha value is -2.73. The van der Waals surface area contributed by atoms with Crippen molar-refractivity contribution in [2.75, 3.05) is 18.4 Å². The van der Waals surface area contributed by atoms with Crippen molar-refractivity contribution >= 4 is 44.2 Å². The molecule has 0 bridgehead atoms. The van der Waals surface area contributed by atoms with Crippen molar-refractivity contribution in [2.24, 2.45) is 0 Å². The smallest absolute Gasteiger partial charge is 0.254 e. The number of anilines is 1. The lowest BCUT2D eigenvalue weighted by atomic mass is 9.86. The number of nitrogens with zero attached hydrogens (tertiary/aromatic N) is 2. The second kappa shape index (κ2) is 6.41. The maximum absolute atomic E-state index is 12.9. The van der Waals surface area contributed by atoms with E-state index in [2.05, 4.69) is 32.3 Å². The molecule has 1 saturated carbocycles. The van der Waals surface area contributed by atoms with Crippen molar-refractivity contribution in [2.45, 2.75) is 18.3 Å². The molecule has 2 aliphatic rings. The summed E-state index contributed by atoms with van der Waals surface area (Å²) in [6.45, 7) is 0.658. The lowest BCUT2D eigenvalue weighted by Crippen LogP contribution is -2.46. The van der Waals surface area contributed by atoms with Crippen LogP contribution in [-0.4, -0.2) is 34.8 Å². The highest BCUT2D eigenvalue weighted by molar-refractivity contribution is 9.10. The van der Waals surface area contributed by atoms with Gasteiger partial charge in [-0.2, -0.15) is 0 Å². The minimum absolute atomic E-state index is 0.0158. The molecule has 1 aliphatic carbocycles. The van der Waals surface area contributed by atoms with Crippen LogP contribution in [0.5, 0.6) is 0 Å². The molecule has 1 aliphatic heterocycles. The van der Waals surface area contributed by atoms with Crippen LogP contribution >= 0.6 is 15.9 Å². The Balaban J connectivity index is 1.35. The second-order valence-electron chi connectivity index (χ2n) is 7.62. The van der Waals surface area contributed by atoms with Gasteiger partial charge in [0, 0.05) is 45.5 Å². The lowest BCUT2D eigenvalue weighted by molar-refractivity contribution is -0.117. The predicted octanol–water partition coefficient (Wildman–Crippen LogP) is 4.12. The zero-order valence-electron chi connectivity index (χ0n) is 15.1. The summed E-state index contributed by atoms with van der Waals surface area (Å²) in [7, 11) is 0. The minimum atomic E-state index is -0.187. The Labute approximate surface area is 170 Å². The van der Waals surface area contributed by atoms with Gasteiger partial charge in [0.15, 0.2) is 0 Å². The number of hydrogen-bond donors (Lipinski definition) is 1. The van der Waals surface area contributed by atoms with Gasteiger partial charge in [-0.25, -0.2) is 0 Å². The van der Waals surface area contributed by atoms with E-state index in [1.165, 1.54) is 0 Å². The van der Waals surface area contributed by atoms with Crippen LogP contribution in [-0.2, 0) is 10.2 Å². The number of carbonyl (C=O) groups excluding carboxylic acids is 2. The van der Waals surface area contributed by atoms with Crippen LogP contribution in [0.4, 0.5) is 5.69 Å². The standard InChI is InChI=1S/C22H18BrN3O2/c23-16-2-4-18-19(10-16)22(6-7-22)13-26(21(18)28)12-20(27)25-17-3-1-14-5-8-24-11-15(14)9-17/h1-5,8-11H,6-7,12-13H2,(H,25,27). The van der Waals surface area contributed by atoms with Gasteiger partial charge < -0.3 is 10.2 Å². The van der Waals surface area contributed by atoms with Crippen molar-refractivity contribution in [3.8, 4) is 0 Å². The van der Waals surface area contributed by atoms with Gasteiger partial charge in [0.05, 0.1) is 0 Å². The van der Waals surface area contributed by atoms with Crippen LogP contribution in [0, 0.1) is 0 Å². The highest BCUT2D eigenvalue weighted by Crippen LogP contribution is 2.52. The molecule has 1 N–H and O–H groups in total. The first-order chi connectivity index (χ1) is 13.5. The number of benzene rings is 2. The molecule has 28 heavy (non-hydrogen) atoms. The number of aromatic nitrogens is 1. The normalized spacial score (nSPS) is 16.9. The molecule has 2 amide bonds. The fraction of sp³-hybridized carbons (Fsp3) is 0.227. The third-order valence-electron chi connectivity index (χ3n) is 5.68. The molecular weight excluding hydrogens is 418 g/mol. The zero-order chi connectivity index (χ0) is 19.3. The topological polar surface area (TPSA) is 62.3 Å². The van der Waals surface area contributed by atoms with Crippen molar-refractivity contribution in [3.63, 3.8) is 0 Å². The SMILES string of the molecule is O=C(CN1CC2(CC2)c2cc(Br)ccc2C1=O)Nc1ccc2ccncc2c1. The van der Waals surface area contributed by atoms with Gasteiger partial charge >= 0.3 is 0 Å². The molecule has 0 saturated heterocycles. The summed E-state index contributed by atoms with van der Waals surface area (Å²) < 4.78 is 0.988. The molecule has 5 rings (SSSR count). The van der Waals surface area contributed by atoms with Crippen molar-refractivity contribution < 1.29 is 9.59 Å². The van der Waals surface area contributed by atoms with E-state index in [1.807, 2.05) is 36.4 Å². The maximum atomic E-state index is 12.9. The highest BCUT2D eigenvalue weighted by Gasteiger charge is 2.51. The van der Waals surface area contributed by atoms with Gasteiger partial charge in [0.1, 0.15) is 6.54 Å². The van der Waals surface area contributed by atoms with E-state index in [4.69, 9.17) is 0 Å². The number of nitrogens with one attached hydrogen (secondary N) is 1. The van der Waals surface area contributed by atoms with Gasteiger partial charge in [-0.05, 0) is 60.2 Å². The molecule has 2 aromatic carbocycles. The van der Waals surface area contributed by atoms with Crippen LogP contribution in [0.3, 0.4) is 0 Å². The van der Waals surface area contributed by atoms with Crippen molar-refractivity contribution in [1.29, 1.82) is 0 Å². The largest absolute Gasteiger partial charge is 0.328 e.